The summed E-state index contributed by atoms with van der Waals surface area (Å²) in [6, 6.07) is 3.70. The van der Waals surface area contributed by atoms with E-state index in [0.29, 0.717) is 18.2 Å². The third-order valence-electron chi connectivity index (χ3n) is 2.80. The molecule has 1 aromatic rings. The molecule has 0 unspecified atom stereocenters. The molecule has 1 radical (unpaired) electrons. The van der Waals surface area contributed by atoms with Crippen molar-refractivity contribution in [1.29, 1.82) is 0 Å². The predicted octanol–water partition coefficient (Wildman–Crippen LogP) is 1.83. The molecule has 0 saturated carbocycles. The van der Waals surface area contributed by atoms with Crippen LogP contribution in [-0.4, -0.2) is 47.1 Å². The lowest BCUT2D eigenvalue weighted by Crippen LogP contribution is -2.58. The van der Waals surface area contributed by atoms with Gasteiger partial charge in [-0.15, -0.1) is 0 Å². The maximum absolute atomic E-state index is 11.9. The lowest BCUT2D eigenvalue weighted by Gasteiger charge is -2.35. The lowest BCUT2D eigenvalue weighted by molar-refractivity contribution is 0.0157. The summed E-state index contributed by atoms with van der Waals surface area (Å²) in [7, 11) is 1.77. The van der Waals surface area contributed by atoms with Gasteiger partial charge in [0.2, 0.25) is 0 Å². The molecule has 8 heteroatoms. The second-order valence-electron chi connectivity index (χ2n) is 5.85. The first-order valence-electron chi connectivity index (χ1n) is 6.78. The number of aromatic nitrogens is 1. The van der Waals surface area contributed by atoms with Crippen LogP contribution in [0.2, 0.25) is 5.15 Å². The smallest absolute Gasteiger partial charge is 0.423 e. The SMILES string of the molecule is CC(C)(C)OC(=O)N1CCN(Cc2ccc(Cl)nc2)[B]N1. The maximum Gasteiger partial charge on any atom is 0.423 e. The molecular weight excluding hydrogens is 290 g/mol. The Labute approximate surface area is 130 Å². The Morgan fingerprint density at radius 3 is 2.76 bits per heavy atom. The number of ether oxygens (including phenoxy) is 1. The van der Waals surface area contributed by atoms with Crippen molar-refractivity contribution in [2.45, 2.75) is 32.9 Å². The summed E-state index contributed by atoms with van der Waals surface area (Å²) in [5, 5.41) is 4.88. The van der Waals surface area contributed by atoms with Gasteiger partial charge < -0.3 is 9.55 Å². The van der Waals surface area contributed by atoms with E-state index in [1.54, 1.807) is 19.8 Å². The Morgan fingerprint density at radius 1 is 1.48 bits per heavy atom. The Hall–Kier alpha value is -1.31. The number of rotatable bonds is 2. The first-order valence-corrected chi connectivity index (χ1v) is 7.16. The molecule has 1 fully saturated rings. The molecule has 1 aromatic heterocycles. The highest BCUT2D eigenvalue weighted by Crippen LogP contribution is 2.11. The van der Waals surface area contributed by atoms with Crippen LogP contribution in [0.25, 0.3) is 0 Å². The number of carbonyl (C=O) groups is 1. The molecular formula is C13H19BClN4O2. The van der Waals surface area contributed by atoms with Gasteiger partial charge in [0.25, 0.3) is 0 Å². The Bertz CT molecular complexity index is 484. The third kappa shape index (κ3) is 5.19. The summed E-state index contributed by atoms with van der Waals surface area (Å²) in [4.78, 5) is 18.0. The van der Waals surface area contributed by atoms with Crippen molar-refractivity contribution in [3.05, 3.63) is 29.0 Å². The molecule has 0 spiro atoms. The van der Waals surface area contributed by atoms with Crippen LogP contribution in [0.4, 0.5) is 4.79 Å². The van der Waals surface area contributed by atoms with Crippen molar-refractivity contribution in [2.75, 3.05) is 13.1 Å². The van der Waals surface area contributed by atoms with Crippen LogP contribution in [0.15, 0.2) is 18.3 Å². The molecule has 1 saturated heterocycles. The van der Waals surface area contributed by atoms with Crippen molar-refractivity contribution in [3.63, 3.8) is 0 Å². The summed E-state index contributed by atoms with van der Waals surface area (Å²) in [5.74, 6) is 0. The molecule has 2 rings (SSSR count). The monoisotopic (exact) mass is 309 g/mol. The van der Waals surface area contributed by atoms with E-state index in [-0.39, 0.29) is 6.09 Å². The van der Waals surface area contributed by atoms with Gasteiger partial charge in [-0.05, 0) is 32.4 Å². The Morgan fingerprint density at radius 2 is 2.24 bits per heavy atom. The van der Waals surface area contributed by atoms with Crippen molar-refractivity contribution < 1.29 is 9.53 Å². The largest absolute Gasteiger partial charge is 0.443 e. The second-order valence-corrected chi connectivity index (χ2v) is 6.24. The Balaban J connectivity index is 1.80. The van der Waals surface area contributed by atoms with Gasteiger partial charge in [0.05, 0.1) is 6.54 Å². The van der Waals surface area contributed by atoms with Gasteiger partial charge >= 0.3 is 13.6 Å². The van der Waals surface area contributed by atoms with E-state index in [0.717, 1.165) is 12.1 Å². The first kappa shape index (κ1) is 16.1. The van der Waals surface area contributed by atoms with Gasteiger partial charge in [0.15, 0.2) is 0 Å². The first-order chi connectivity index (χ1) is 9.83. The zero-order chi connectivity index (χ0) is 15.5. The van der Waals surface area contributed by atoms with Crippen molar-refractivity contribution in [3.8, 4) is 0 Å². The number of amides is 1. The molecule has 113 valence electrons. The Kier molecular flexibility index (Phi) is 5.08. The zero-order valence-corrected chi connectivity index (χ0v) is 13.2. The summed E-state index contributed by atoms with van der Waals surface area (Å²) in [6.07, 6.45) is 1.38. The standard InChI is InChI=1S/C13H19BClN4O2/c1-13(2,3)21-12(20)19-7-6-18(14-17-19)9-10-4-5-11(15)16-8-10/h4-5,8,17H,6-7,9H2,1-3H3. The average Bonchev–Trinajstić information content (AvgIpc) is 2.40. The van der Waals surface area contributed by atoms with Crippen LogP contribution in [0, 0.1) is 0 Å². The van der Waals surface area contributed by atoms with Gasteiger partial charge in [-0.2, -0.15) is 0 Å². The minimum Gasteiger partial charge on any atom is -0.443 e. The number of pyridine rings is 1. The van der Waals surface area contributed by atoms with E-state index < -0.39 is 5.60 Å². The van der Waals surface area contributed by atoms with Gasteiger partial charge in [0.1, 0.15) is 10.8 Å². The number of hydrazine groups is 1. The molecule has 0 atom stereocenters. The van der Waals surface area contributed by atoms with Gasteiger partial charge in [0, 0.05) is 19.3 Å². The van der Waals surface area contributed by atoms with Crippen molar-refractivity contribution >= 4 is 25.2 Å². The van der Waals surface area contributed by atoms with Crippen LogP contribution in [0.5, 0.6) is 0 Å². The third-order valence-corrected chi connectivity index (χ3v) is 3.02. The molecule has 0 bridgehead atoms. The van der Waals surface area contributed by atoms with E-state index in [9.17, 15) is 4.79 Å². The molecule has 6 nitrogen and oxygen atoms in total. The summed E-state index contributed by atoms with van der Waals surface area (Å²) in [6.45, 7) is 7.51. The molecule has 1 aliphatic rings. The fraction of sp³-hybridized carbons (Fsp3) is 0.538. The molecule has 0 aliphatic carbocycles. The normalized spacial score (nSPS) is 16.5. The van der Waals surface area contributed by atoms with Crippen LogP contribution in [0.1, 0.15) is 26.3 Å². The molecule has 0 aromatic carbocycles. The number of nitrogens with one attached hydrogen (secondary N) is 1. The van der Waals surface area contributed by atoms with Gasteiger partial charge in [-0.1, -0.05) is 17.7 Å². The van der Waals surface area contributed by atoms with E-state index in [1.165, 1.54) is 5.01 Å². The van der Waals surface area contributed by atoms with Gasteiger partial charge in [-0.25, -0.2) is 9.78 Å². The van der Waals surface area contributed by atoms with Crippen LogP contribution < -0.4 is 5.34 Å². The molecule has 1 amide bonds. The van der Waals surface area contributed by atoms with Crippen LogP contribution in [0.3, 0.4) is 0 Å². The highest BCUT2D eigenvalue weighted by molar-refractivity contribution is 6.29. The molecule has 2 heterocycles. The number of carbonyl (C=O) groups excluding carboxylic acids is 1. The summed E-state index contributed by atoms with van der Waals surface area (Å²) >= 11 is 5.76. The fourth-order valence-corrected chi connectivity index (χ4v) is 1.94. The van der Waals surface area contributed by atoms with E-state index in [4.69, 9.17) is 16.3 Å². The molecule has 1 aliphatic heterocycles. The van der Waals surface area contributed by atoms with Crippen LogP contribution >= 0.6 is 11.6 Å². The lowest BCUT2D eigenvalue weighted by atomic mass is 10.1. The number of hydrogen-bond donors (Lipinski definition) is 1. The minimum atomic E-state index is -0.495. The molecule has 21 heavy (non-hydrogen) atoms. The number of hydrogen-bond acceptors (Lipinski definition) is 5. The highest BCUT2D eigenvalue weighted by Gasteiger charge is 2.26. The number of halogens is 1. The molecule has 1 N–H and O–H groups in total. The predicted molar refractivity (Wildman–Crippen MR) is 81.5 cm³/mol. The van der Waals surface area contributed by atoms with Crippen LogP contribution in [-0.2, 0) is 11.3 Å². The highest BCUT2D eigenvalue weighted by atomic mass is 35.5. The summed E-state index contributed by atoms with van der Waals surface area (Å²) in [5.41, 5.74) is 0.563. The second kappa shape index (κ2) is 6.64. The average molecular weight is 310 g/mol. The fourth-order valence-electron chi connectivity index (χ4n) is 1.83. The van der Waals surface area contributed by atoms with E-state index >= 15 is 0 Å². The van der Waals surface area contributed by atoms with Crippen molar-refractivity contribution in [2.24, 2.45) is 0 Å². The maximum atomic E-state index is 11.9. The topological polar surface area (TPSA) is 57.7 Å². The zero-order valence-electron chi connectivity index (χ0n) is 12.5. The number of nitrogens with zero attached hydrogens (tertiary/aromatic N) is 3. The van der Waals surface area contributed by atoms with Crippen molar-refractivity contribution in [1.82, 2.24) is 20.1 Å². The van der Waals surface area contributed by atoms with E-state index in [1.807, 2.05) is 26.8 Å². The quantitative estimate of drug-likeness (QED) is 0.667. The van der Waals surface area contributed by atoms with Gasteiger partial charge in [-0.3, -0.25) is 10.3 Å². The van der Waals surface area contributed by atoms with E-state index in [2.05, 4.69) is 15.1 Å². The minimum absolute atomic E-state index is 0.369. The summed E-state index contributed by atoms with van der Waals surface area (Å²) < 4.78 is 5.31.